The van der Waals surface area contributed by atoms with Crippen LogP contribution in [-0.4, -0.2) is 52.1 Å². The molecule has 1 aliphatic heterocycles. The number of carbonyl (C=O) groups is 1. The lowest BCUT2D eigenvalue weighted by Gasteiger charge is -2.26. The largest absolute Gasteiger partial charge is 0.378 e. The van der Waals surface area contributed by atoms with Gasteiger partial charge in [-0.05, 0) is 31.2 Å². The number of ether oxygens (including phenoxy) is 1. The van der Waals surface area contributed by atoms with Crippen molar-refractivity contribution in [2.75, 3.05) is 26.3 Å². The van der Waals surface area contributed by atoms with Crippen molar-refractivity contribution in [3.05, 3.63) is 40.7 Å². The number of carbonyl (C=O) groups excluding carboxylic acids is 1. The topological polar surface area (TPSA) is 60.2 Å². The summed E-state index contributed by atoms with van der Waals surface area (Å²) in [5.74, 6) is -0.101. The van der Waals surface area contributed by atoms with Crippen LogP contribution in [0.25, 0.3) is 5.69 Å². The molecule has 1 aromatic carbocycles. The Balaban J connectivity index is 1.87. The Kier molecular flexibility index (Phi) is 3.90. The maximum absolute atomic E-state index is 12.5. The average molecular weight is 307 g/mol. The Labute approximate surface area is 127 Å². The van der Waals surface area contributed by atoms with Crippen LogP contribution in [0.5, 0.6) is 0 Å². The second-order valence-corrected chi connectivity index (χ2v) is 5.24. The standard InChI is InChI=1S/C14H15ClN4O2/c1-10-13(14(20)18-6-8-21-9-7-18)17-19(16-10)12-4-2-11(15)3-5-12/h2-5H,6-9H2,1H3. The van der Waals surface area contributed by atoms with Crippen molar-refractivity contribution in [2.45, 2.75) is 6.92 Å². The molecular weight excluding hydrogens is 292 g/mol. The van der Waals surface area contributed by atoms with Gasteiger partial charge in [0.1, 0.15) is 0 Å². The summed E-state index contributed by atoms with van der Waals surface area (Å²) in [7, 11) is 0. The minimum absolute atomic E-state index is 0.101. The Morgan fingerprint density at radius 2 is 1.86 bits per heavy atom. The second-order valence-electron chi connectivity index (χ2n) is 4.80. The van der Waals surface area contributed by atoms with Crippen molar-refractivity contribution in [3.63, 3.8) is 0 Å². The zero-order chi connectivity index (χ0) is 14.8. The van der Waals surface area contributed by atoms with E-state index in [0.29, 0.717) is 42.7 Å². The molecule has 7 heteroatoms. The van der Waals surface area contributed by atoms with Crippen LogP contribution in [0.4, 0.5) is 0 Å². The summed E-state index contributed by atoms with van der Waals surface area (Å²) in [4.78, 5) is 15.7. The van der Waals surface area contributed by atoms with Gasteiger partial charge in [-0.1, -0.05) is 11.6 Å². The Morgan fingerprint density at radius 1 is 1.19 bits per heavy atom. The normalized spacial score (nSPS) is 15.2. The molecule has 1 saturated heterocycles. The molecule has 1 fully saturated rings. The van der Waals surface area contributed by atoms with E-state index < -0.39 is 0 Å². The Hall–Kier alpha value is -1.92. The maximum Gasteiger partial charge on any atom is 0.276 e. The van der Waals surface area contributed by atoms with Crippen molar-refractivity contribution in [3.8, 4) is 5.69 Å². The molecule has 0 bridgehead atoms. The molecule has 1 amide bonds. The van der Waals surface area contributed by atoms with E-state index in [1.165, 1.54) is 4.80 Å². The summed E-state index contributed by atoms with van der Waals surface area (Å²) < 4.78 is 5.25. The first-order valence-corrected chi connectivity index (χ1v) is 7.10. The van der Waals surface area contributed by atoms with Gasteiger partial charge in [-0.2, -0.15) is 9.90 Å². The number of rotatable bonds is 2. The monoisotopic (exact) mass is 306 g/mol. The first-order chi connectivity index (χ1) is 10.1. The molecule has 0 saturated carbocycles. The van der Waals surface area contributed by atoms with Crippen LogP contribution in [0.3, 0.4) is 0 Å². The van der Waals surface area contributed by atoms with Gasteiger partial charge in [0, 0.05) is 18.1 Å². The average Bonchev–Trinajstić information content (AvgIpc) is 2.90. The number of morpholine rings is 1. The van der Waals surface area contributed by atoms with Gasteiger partial charge < -0.3 is 9.64 Å². The molecule has 1 aliphatic rings. The molecule has 0 N–H and O–H groups in total. The van der Waals surface area contributed by atoms with E-state index in [9.17, 15) is 4.79 Å². The van der Waals surface area contributed by atoms with Crippen molar-refractivity contribution in [2.24, 2.45) is 0 Å². The van der Waals surface area contributed by atoms with Crippen LogP contribution in [0.15, 0.2) is 24.3 Å². The van der Waals surface area contributed by atoms with Gasteiger partial charge in [-0.25, -0.2) is 0 Å². The number of benzene rings is 1. The quantitative estimate of drug-likeness (QED) is 0.847. The molecule has 1 aromatic heterocycles. The highest BCUT2D eigenvalue weighted by atomic mass is 35.5. The van der Waals surface area contributed by atoms with Gasteiger partial charge in [-0.3, -0.25) is 4.79 Å². The highest BCUT2D eigenvalue weighted by Crippen LogP contribution is 2.14. The minimum atomic E-state index is -0.101. The van der Waals surface area contributed by atoms with Crippen molar-refractivity contribution < 1.29 is 9.53 Å². The van der Waals surface area contributed by atoms with E-state index in [1.807, 2.05) is 12.1 Å². The third-order valence-electron chi connectivity index (χ3n) is 3.34. The molecule has 2 heterocycles. The molecule has 6 nitrogen and oxygen atoms in total. The summed E-state index contributed by atoms with van der Waals surface area (Å²) in [5, 5.41) is 9.27. The first kappa shape index (κ1) is 14.0. The van der Waals surface area contributed by atoms with Gasteiger partial charge in [0.05, 0.1) is 24.6 Å². The maximum atomic E-state index is 12.5. The van der Waals surface area contributed by atoms with Crippen molar-refractivity contribution >= 4 is 17.5 Å². The number of amides is 1. The molecule has 3 rings (SSSR count). The summed E-state index contributed by atoms with van der Waals surface area (Å²) in [6.45, 7) is 4.09. The third kappa shape index (κ3) is 2.91. The molecule has 2 aromatic rings. The molecule has 0 unspecified atom stereocenters. The first-order valence-electron chi connectivity index (χ1n) is 6.72. The lowest BCUT2D eigenvalue weighted by molar-refractivity contribution is 0.0298. The zero-order valence-electron chi connectivity index (χ0n) is 11.6. The molecule has 0 spiro atoms. The van der Waals surface area contributed by atoms with E-state index in [0.717, 1.165) is 5.69 Å². The van der Waals surface area contributed by atoms with Gasteiger partial charge in [0.2, 0.25) is 0 Å². The number of hydrogen-bond donors (Lipinski definition) is 0. The van der Waals surface area contributed by atoms with Crippen LogP contribution in [0, 0.1) is 6.92 Å². The van der Waals surface area contributed by atoms with E-state index in [1.54, 1.807) is 24.0 Å². The summed E-state index contributed by atoms with van der Waals surface area (Å²) in [5.41, 5.74) is 1.76. The molecule has 0 aliphatic carbocycles. The highest BCUT2D eigenvalue weighted by molar-refractivity contribution is 6.30. The van der Waals surface area contributed by atoms with Crippen LogP contribution >= 0.6 is 11.6 Å². The number of halogens is 1. The van der Waals surface area contributed by atoms with Crippen LogP contribution < -0.4 is 0 Å². The van der Waals surface area contributed by atoms with Gasteiger partial charge in [0.15, 0.2) is 5.69 Å². The molecule has 0 radical (unpaired) electrons. The third-order valence-corrected chi connectivity index (χ3v) is 3.59. The highest BCUT2D eigenvalue weighted by Gasteiger charge is 2.23. The molecule has 0 atom stereocenters. The fourth-order valence-electron chi connectivity index (χ4n) is 2.18. The second kappa shape index (κ2) is 5.83. The van der Waals surface area contributed by atoms with E-state index in [2.05, 4.69) is 10.2 Å². The zero-order valence-corrected chi connectivity index (χ0v) is 12.4. The predicted octanol–water partition coefficient (Wildman–Crippen LogP) is 1.70. The lowest BCUT2D eigenvalue weighted by atomic mass is 10.3. The molecular formula is C14H15ClN4O2. The smallest absolute Gasteiger partial charge is 0.276 e. The van der Waals surface area contributed by atoms with E-state index in [-0.39, 0.29) is 5.91 Å². The summed E-state index contributed by atoms with van der Waals surface area (Å²) in [6, 6.07) is 7.15. The van der Waals surface area contributed by atoms with E-state index >= 15 is 0 Å². The number of aryl methyl sites for hydroxylation is 1. The number of nitrogens with zero attached hydrogens (tertiary/aromatic N) is 4. The van der Waals surface area contributed by atoms with Crippen LogP contribution in [0.2, 0.25) is 5.02 Å². The minimum Gasteiger partial charge on any atom is -0.378 e. The van der Waals surface area contributed by atoms with Gasteiger partial charge in [-0.15, -0.1) is 5.10 Å². The SMILES string of the molecule is Cc1nn(-c2ccc(Cl)cc2)nc1C(=O)N1CCOCC1. The Bertz CT molecular complexity index is 647. The summed E-state index contributed by atoms with van der Waals surface area (Å²) in [6.07, 6.45) is 0. The number of aromatic nitrogens is 3. The van der Waals surface area contributed by atoms with Crippen LogP contribution in [-0.2, 0) is 4.74 Å². The van der Waals surface area contributed by atoms with Crippen LogP contribution in [0.1, 0.15) is 16.2 Å². The van der Waals surface area contributed by atoms with Crippen molar-refractivity contribution in [1.29, 1.82) is 0 Å². The van der Waals surface area contributed by atoms with E-state index in [4.69, 9.17) is 16.3 Å². The van der Waals surface area contributed by atoms with Gasteiger partial charge >= 0.3 is 0 Å². The Morgan fingerprint density at radius 3 is 2.52 bits per heavy atom. The fraction of sp³-hybridized carbons (Fsp3) is 0.357. The van der Waals surface area contributed by atoms with Gasteiger partial charge in [0.25, 0.3) is 5.91 Å². The fourth-order valence-corrected chi connectivity index (χ4v) is 2.31. The molecule has 21 heavy (non-hydrogen) atoms. The predicted molar refractivity (Wildman–Crippen MR) is 77.8 cm³/mol. The number of hydrogen-bond acceptors (Lipinski definition) is 4. The summed E-state index contributed by atoms with van der Waals surface area (Å²) >= 11 is 5.86. The molecule has 110 valence electrons. The van der Waals surface area contributed by atoms with Crippen molar-refractivity contribution in [1.82, 2.24) is 19.9 Å². The lowest BCUT2D eigenvalue weighted by Crippen LogP contribution is -2.41.